The summed E-state index contributed by atoms with van der Waals surface area (Å²) in [4.78, 5) is 29.2. The molecule has 2 fully saturated rings. The third kappa shape index (κ3) is 2.41. The van der Waals surface area contributed by atoms with Gasteiger partial charge in [0.05, 0.1) is 24.1 Å². The zero-order valence-electron chi connectivity index (χ0n) is 15.1. The largest absolute Gasteiger partial charge is 0.346 e. The molecule has 2 aliphatic rings. The van der Waals surface area contributed by atoms with E-state index in [-0.39, 0.29) is 6.04 Å². The van der Waals surface area contributed by atoms with Crippen LogP contribution in [0.4, 0.5) is 0 Å². The zero-order chi connectivity index (χ0) is 17.7. The second kappa shape index (κ2) is 6.09. The van der Waals surface area contributed by atoms with E-state index in [0.29, 0.717) is 11.9 Å². The van der Waals surface area contributed by atoms with Gasteiger partial charge in [0.1, 0.15) is 11.2 Å². The van der Waals surface area contributed by atoms with Crippen LogP contribution in [0.25, 0.3) is 22.1 Å². The number of nitrogens with zero attached hydrogens (tertiary/aromatic N) is 5. The first-order valence-corrected chi connectivity index (χ1v) is 9.50. The lowest BCUT2D eigenvalue weighted by Gasteiger charge is -2.35. The fourth-order valence-electron chi connectivity index (χ4n) is 4.61. The van der Waals surface area contributed by atoms with E-state index in [1.807, 2.05) is 18.7 Å². The monoisotopic (exact) mass is 352 g/mol. The van der Waals surface area contributed by atoms with Crippen molar-refractivity contribution >= 4 is 28.0 Å². The van der Waals surface area contributed by atoms with Crippen LogP contribution in [0.3, 0.4) is 0 Å². The van der Waals surface area contributed by atoms with Crippen LogP contribution >= 0.6 is 0 Å². The van der Waals surface area contributed by atoms with Gasteiger partial charge < -0.3 is 14.5 Å². The number of aromatic nitrogens is 4. The lowest BCUT2D eigenvalue weighted by Crippen LogP contribution is -2.47. The summed E-state index contributed by atoms with van der Waals surface area (Å²) >= 11 is 0. The van der Waals surface area contributed by atoms with Crippen molar-refractivity contribution in [3.63, 3.8) is 0 Å². The predicted octanol–water partition coefficient (Wildman–Crippen LogP) is 2.17. The van der Waals surface area contributed by atoms with Crippen LogP contribution in [0.2, 0.25) is 0 Å². The standard InChI is InChI=1S/C19H24N6O/c1-23-8-2-3-16(23)19(26)24-9-5-13(6-10-24)25-12-22-15-11-21-18-14(17(15)25)4-7-20-18/h4,7,11-13,16H,2-3,5-6,8-10H2,1H3,(H,20,21)/t16-/m1/s1. The van der Waals surface area contributed by atoms with Gasteiger partial charge in [0.2, 0.25) is 5.91 Å². The van der Waals surface area contributed by atoms with Gasteiger partial charge in [-0.15, -0.1) is 0 Å². The van der Waals surface area contributed by atoms with E-state index in [2.05, 4.69) is 42.4 Å². The van der Waals surface area contributed by atoms with Crippen LogP contribution in [0.5, 0.6) is 0 Å². The fraction of sp³-hybridized carbons (Fsp3) is 0.526. The molecule has 136 valence electrons. The number of likely N-dealkylation sites (tertiary alicyclic amines) is 2. The van der Waals surface area contributed by atoms with Crippen LogP contribution < -0.4 is 0 Å². The quantitative estimate of drug-likeness (QED) is 0.767. The number of hydrogen-bond donors (Lipinski definition) is 1. The van der Waals surface area contributed by atoms with Gasteiger partial charge in [0.25, 0.3) is 0 Å². The third-order valence-corrected chi connectivity index (χ3v) is 6.09. The van der Waals surface area contributed by atoms with Crippen molar-refractivity contribution in [2.45, 2.75) is 37.8 Å². The molecule has 0 saturated carbocycles. The van der Waals surface area contributed by atoms with E-state index in [1.54, 1.807) is 0 Å². The molecule has 3 aromatic heterocycles. The molecule has 2 saturated heterocycles. The predicted molar refractivity (Wildman–Crippen MR) is 99.9 cm³/mol. The number of amides is 1. The first kappa shape index (κ1) is 15.8. The molecule has 5 heterocycles. The van der Waals surface area contributed by atoms with Crippen molar-refractivity contribution in [1.29, 1.82) is 0 Å². The Hall–Kier alpha value is -2.41. The number of H-pyrrole nitrogens is 1. The van der Waals surface area contributed by atoms with Gasteiger partial charge in [-0.25, -0.2) is 9.97 Å². The number of piperidine rings is 1. The minimum atomic E-state index is 0.0891. The molecule has 0 radical (unpaired) electrons. The van der Waals surface area contributed by atoms with E-state index in [1.165, 1.54) is 0 Å². The summed E-state index contributed by atoms with van der Waals surface area (Å²) in [5.74, 6) is 0.316. The Morgan fingerprint density at radius 1 is 1.19 bits per heavy atom. The van der Waals surface area contributed by atoms with Gasteiger partial charge >= 0.3 is 0 Å². The molecule has 1 atom stereocenters. The third-order valence-electron chi connectivity index (χ3n) is 6.09. The van der Waals surface area contributed by atoms with Crippen molar-refractivity contribution in [1.82, 2.24) is 29.3 Å². The van der Waals surface area contributed by atoms with E-state index in [4.69, 9.17) is 0 Å². The highest BCUT2D eigenvalue weighted by Gasteiger charge is 2.33. The van der Waals surface area contributed by atoms with Crippen LogP contribution in [-0.4, -0.2) is 67.9 Å². The molecule has 26 heavy (non-hydrogen) atoms. The molecule has 2 aliphatic heterocycles. The molecule has 1 N–H and O–H groups in total. The summed E-state index contributed by atoms with van der Waals surface area (Å²) in [6.45, 7) is 2.69. The van der Waals surface area contributed by atoms with Gasteiger partial charge in [0, 0.05) is 30.7 Å². The molecule has 1 amide bonds. The molecular formula is C19H24N6O. The normalized spacial score (nSPS) is 22.7. The molecule has 7 heteroatoms. The number of fused-ring (bicyclic) bond motifs is 3. The van der Waals surface area contributed by atoms with E-state index >= 15 is 0 Å². The first-order chi connectivity index (χ1) is 12.7. The van der Waals surface area contributed by atoms with Crippen LogP contribution in [0.1, 0.15) is 31.7 Å². The van der Waals surface area contributed by atoms with Gasteiger partial charge in [-0.1, -0.05) is 0 Å². The number of carbonyl (C=O) groups excluding carboxylic acids is 1. The molecule has 7 nitrogen and oxygen atoms in total. The van der Waals surface area contributed by atoms with Crippen molar-refractivity contribution in [3.8, 4) is 0 Å². The molecule has 0 aliphatic carbocycles. The number of likely N-dealkylation sites (N-methyl/N-ethyl adjacent to an activating group) is 1. The Kier molecular flexibility index (Phi) is 3.70. The van der Waals surface area contributed by atoms with Crippen molar-refractivity contribution in [2.24, 2.45) is 0 Å². The maximum Gasteiger partial charge on any atom is 0.239 e. The van der Waals surface area contributed by atoms with Crippen LogP contribution in [-0.2, 0) is 4.79 Å². The Morgan fingerprint density at radius 2 is 2.04 bits per heavy atom. The summed E-state index contributed by atoms with van der Waals surface area (Å²) < 4.78 is 2.29. The number of carbonyl (C=O) groups is 1. The van der Waals surface area contributed by atoms with Gasteiger partial charge in [-0.2, -0.15) is 0 Å². The smallest absolute Gasteiger partial charge is 0.239 e. The molecule has 0 spiro atoms. The second-order valence-electron chi connectivity index (χ2n) is 7.58. The fourth-order valence-corrected chi connectivity index (χ4v) is 4.61. The average Bonchev–Trinajstić information content (AvgIpc) is 3.39. The summed E-state index contributed by atoms with van der Waals surface area (Å²) in [7, 11) is 2.07. The number of aromatic amines is 1. The summed E-state index contributed by atoms with van der Waals surface area (Å²) in [6, 6.07) is 2.54. The lowest BCUT2D eigenvalue weighted by molar-refractivity contribution is -0.136. The maximum atomic E-state index is 12.8. The minimum Gasteiger partial charge on any atom is -0.346 e. The Bertz CT molecular complexity index is 951. The SMILES string of the molecule is CN1CCC[C@@H]1C(=O)N1CCC(n2cnc3cnc4[nH]ccc4c32)CC1. The van der Waals surface area contributed by atoms with E-state index in [0.717, 1.165) is 67.4 Å². The number of nitrogens with one attached hydrogen (secondary N) is 1. The second-order valence-corrected chi connectivity index (χ2v) is 7.58. The van der Waals surface area contributed by atoms with Crippen LogP contribution in [0.15, 0.2) is 24.8 Å². The zero-order valence-corrected chi connectivity index (χ0v) is 15.1. The molecule has 3 aromatic rings. The minimum absolute atomic E-state index is 0.0891. The van der Waals surface area contributed by atoms with Gasteiger partial charge in [0.15, 0.2) is 0 Å². The average molecular weight is 352 g/mol. The van der Waals surface area contributed by atoms with Gasteiger partial charge in [-0.05, 0) is 45.3 Å². The van der Waals surface area contributed by atoms with Gasteiger partial charge in [-0.3, -0.25) is 9.69 Å². The lowest BCUT2D eigenvalue weighted by atomic mass is 10.0. The Morgan fingerprint density at radius 3 is 2.81 bits per heavy atom. The Labute approximate surface area is 152 Å². The summed E-state index contributed by atoms with van der Waals surface area (Å²) in [5.41, 5.74) is 2.98. The van der Waals surface area contributed by atoms with E-state index in [9.17, 15) is 4.79 Å². The van der Waals surface area contributed by atoms with Crippen LogP contribution in [0, 0.1) is 0 Å². The van der Waals surface area contributed by atoms with E-state index < -0.39 is 0 Å². The van der Waals surface area contributed by atoms with Crippen molar-refractivity contribution < 1.29 is 4.79 Å². The number of rotatable bonds is 2. The Balaban J connectivity index is 1.36. The number of pyridine rings is 1. The molecule has 0 aromatic carbocycles. The maximum absolute atomic E-state index is 12.8. The molecule has 5 rings (SSSR count). The highest BCUT2D eigenvalue weighted by atomic mass is 16.2. The summed E-state index contributed by atoms with van der Waals surface area (Å²) in [5, 5.41) is 1.12. The molecule has 0 bridgehead atoms. The topological polar surface area (TPSA) is 70.1 Å². The number of hydrogen-bond acceptors (Lipinski definition) is 4. The first-order valence-electron chi connectivity index (χ1n) is 9.50. The summed E-state index contributed by atoms with van der Waals surface area (Å²) in [6.07, 6.45) is 9.77. The number of imidazole rings is 1. The molecule has 0 unspecified atom stereocenters. The van der Waals surface area contributed by atoms with Crippen molar-refractivity contribution in [2.75, 3.05) is 26.7 Å². The highest BCUT2D eigenvalue weighted by molar-refractivity contribution is 6.00. The highest BCUT2D eigenvalue weighted by Crippen LogP contribution is 2.30. The molecular weight excluding hydrogens is 328 g/mol. The van der Waals surface area contributed by atoms with Crippen molar-refractivity contribution in [3.05, 3.63) is 24.8 Å².